The Kier molecular flexibility index (Phi) is 4.39. The normalized spacial score (nSPS) is 10.7. The molecule has 0 aliphatic heterocycles. The Bertz CT molecular complexity index is 639. The lowest BCUT2D eigenvalue weighted by molar-refractivity contribution is 0.635. The first-order chi connectivity index (χ1) is 8.77. The molecule has 0 aromatic carbocycles. The van der Waals surface area contributed by atoms with Crippen LogP contribution in [0.15, 0.2) is 21.4 Å². The monoisotopic (exact) mass is 279 g/mol. The highest BCUT2D eigenvalue weighted by atomic mass is 32.2. The number of unbranched alkanes of at least 4 members (excludes halogenated alkanes) is 1. The fourth-order valence-corrected chi connectivity index (χ4v) is 3.41. The van der Waals surface area contributed by atoms with Crippen molar-refractivity contribution in [1.29, 1.82) is 5.26 Å². The lowest BCUT2D eigenvalue weighted by Gasteiger charge is -2.08. The van der Waals surface area contributed by atoms with Crippen LogP contribution in [-0.2, 0) is 6.54 Å². The van der Waals surface area contributed by atoms with E-state index in [-0.39, 0.29) is 5.56 Å². The van der Waals surface area contributed by atoms with Crippen molar-refractivity contribution in [3.8, 4) is 6.07 Å². The summed E-state index contributed by atoms with van der Waals surface area (Å²) in [7, 11) is 0. The maximum Gasteiger partial charge on any atom is 0.272 e. The van der Waals surface area contributed by atoms with Crippen molar-refractivity contribution in [1.82, 2.24) is 9.55 Å². The zero-order valence-electron chi connectivity index (χ0n) is 10.0. The van der Waals surface area contributed by atoms with Gasteiger partial charge >= 0.3 is 0 Å². The number of hydrogen-bond donors (Lipinski definition) is 0. The molecule has 0 aliphatic carbocycles. The van der Waals surface area contributed by atoms with Gasteiger partial charge in [-0.1, -0.05) is 11.8 Å². The summed E-state index contributed by atoms with van der Waals surface area (Å²) in [6, 6.07) is 3.99. The van der Waals surface area contributed by atoms with Crippen LogP contribution in [0.3, 0.4) is 0 Å². The Morgan fingerprint density at radius 3 is 3.17 bits per heavy atom. The Hall–Kier alpha value is -1.32. The minimum Gasteiger partial charge on any atom is -0.287 e. The number of thiophene rings is 1. The van der Waals surface area contributed by atoms with Gasteiger partial charge in [-0.05, 0) is 24.8 Å². The molecule has 2 rings (SSSR count). The van der Waals surface area contributed by atoms with Gasteiger partial charge in [0.2, 0.25) is 0 Å². The molecule has 2 heterocycles. The van der Waals surface area contributed by atoms with Crippen LogP contribution in [0, 0.1) is 11.3 Å². The second kappa shape index (κ2) is 6.03. The van der Waals surface area contributed by atoms with E-state index in [0.29, 0.717) is 13.0 Å². The van der Waals surface area contributed by atoms with E-state index >= 15 is 0 Å². The molecule has 0 saturated carbocycles. The summed E-state index contributed by atoms with van der Waals surface area (Å²) in [6.07, 6.45) is 1.37. The lowest BCUT2D eigenvalue weighted by Crippen LogP contribution is -2.21. The first kappa shape index (κ1) is 13.1. The Morgan fingerprint density at radius 2 is 2.44 bits per heavy atom. The molecule has 0 N–H and O–H groups in total. The molecule has 0 spiro atoms. The highest BCUT2D eigenvalue weighted by molar-refractivity contribution is 7.99. The van der Waals surface area contributed by atoms with Crippen molar-refractivity contribution < 1.29 is 0 Å². The van der Waals surface area contributed by atoms with Crippen LogP contribution in [0.4, 0.5) is 0 Å². The van der Waals surface area contributed by atoms with E-state index in [2.05, 4.69) is 11.1 Å². The Balaban J connectivity index is 2.31. The number of aromatic nitrogens is 2. The van der Waals surface area contributed by atoms with Crippen molar-refractivity contribution in [3.63, 3.8) is 0 Å². The van der Waals surface area contributed by atoms with Crippen molar-refractivity contribution in [3.05, 3.63) is 21.8 Å². The Labute approximate surface area is 113 Å². The molecular weight excluding hydrogens is 266 g/mol. The predicted octanol–water partition coefficient (Wildman–Crippen LogP) is 2.87. The molecule has 2 aromatic rings. The number of hydrogen-bond acceptors (Lipinski definition) is 5. The number of nitrogens with zero attached hydrogens (tertiary/aromatic N) is 3. The minimum absolute atomic E-state index is 0.0419. The molecule has 0 amide bonds. The molecule has 2 aromatic heterocycles. The predicted molar refractivity (Wildman–Crippen MR) is 75.1 cm³/mol. The van der Waals surface area contributed by atoms with Gasteiger partial charge in [0.05, 0.1) is 11.6 Å². The van der Waals surface area contributed by atoms with Crippen LogP contribution in [0.5, 0.6) is 0 Å². The smallest absolute Gasteiger partial charge is 0.272 e. The highest BCUT2D eigenvalue weighted by Crippen LogP contribution is 2.21. The number of nitriles is 1. The van der Waals surface area contributed by atoms with E-state index in [1.165, 1.54) is 11.3 Å². The van der Waals surface area contributed by atoms with E-state index < -0.39 is 0 Å². The third-order valence-corrected chi connectivity index (χ3v) is 4.47. The minimum atomic E-state index is 0.0419. The summed E-state index contributed by atoms with van der Waals surface area (Å²) < 4.78 is 2.42. The fraction of sp³-hybridized carbons (Fsp3) is 0.417. The molecular formula is C12H13N3OS2. The van der Waals surface area contributed by atoms with E-state index in [1.54, 1.807) is 16.3 Å². The first-order valence-corrected chi connectivity index (χ1v) is 7.62. The van der Waals surface area contributed by atoms with Gasteiger partial charge < -0.3 is 0 Å². The summed E-state index contributed by atoms with van der Waals surface area (Å²) in [6.45, 7) is 2.57. The Morgan fingerprint density at radius 1 is 1.61 bits per heavy atom. The molecule has 94 valence electrons. The first-order valence-electron chi connectivity index (χ1n) is 5.75. The van der Waals surface area contributed by atoms with Gasteiger partial charge in [-0.15, -0.1) is 11.3 Å². The molecule has 0 bridgehead atoms. The van der Waals surface area contributed by atoms with Gasteiger partial charge in [0, 0.05) is 18.7 Å². The number of fused-ring (bicyclic) bond motifs is 1. The van der Waals surface area contributed by atoms with Crippen molar-refractivity contribution in [2.75, 3.05) is 5.75 Å². The van der Waals surface area contributed by atoms with Crippen LogP contribution in [0.2, 0.25) is 0 Å². The van der Waals surface area contributed by atoms with E-state index in [0.717, 1.165) is 27.5 Å². The average Bonchev–Trinajstić information content (AvgIpc) is 2.83. The SMILES string of the molecule is CCn1c(SCCCC#N)nc2ccsc2c1=O. The molecule has 4 nitrogen and oxygen atoms in total. The van der Waals surface area contributed by atoms with Crippen LogP contribution in [0.1, 0.15) is 19.8 Å². The summed E-state index contributed by atoms with van der Waals surface area (Å²) in [5.74, 6) is 0.815. The van der Waals surface area contributed by atoms with Gasteiger partial charge in [-0.2, -0.15) is 5.26 Å². The summed E-state index contributed by atoms with van der Waals surface area (Å²) >= 11 is 2.99. The van der Waals surface area contributed by atoms with Gasteiger partial charge in [0.25, 0.3) is 5.56 Å². The quantitative estimate of drug-likeness (QED) is 0.480. The highest BCUT2D eigenvalue weighted by Gasteiger charge is 2.10. The average molecular weight is 279 g/mol. The summed E-state index contributed by atoms with van der Waals surface area (Å²) in [5.41, 5.74) is 0.817. The van der Waals surface area contributed by atoms with Crippen LogP contribution < -0.4 is 5.56 Å². The molecule has 6 heteroatoms. The molecule has 0 aliphatic rings. The van der Waals surface area contributed by atoms with Crippen LogP contribution in [0.25, 0.3) is 10.2 Å². The van der Waals surface area contributed by atoms with Gasteiger partial charge in [0.15, 0.2) is 5.16 Å². The maximum atomic E-state index is 12.2. The third kappa shape index (κ3) is 2.57. The zero-order valence-corrected chi connectivity index (χ0v) is 11.7. The van der Waals surface area contributed by atoms with Crippen molar-refractivity contribution >= 4 is 33.3 Å². The lowest BCUT2D eigenvalue weighted by atomic mass is 10.4. The molecule has 0 fully saturated rings. The van der Waals surface area contributed by atoms with E-state index in [1.807, 2.05) is 18.4 Å². The van der Waals surface area contributed by atoms with Crippen LogP contribution >= 0.6 is 23.1 Å². The third-order valence-electron chi connectivity index (χ3n) is 2.51. The maximum absolute atomic E-state index is 12.2. The summed E-state index contributed by atoms with van der Waals surface area (Å²) in [4.78, 5) is 16.7. The van der Waals surface area contributed by atoms with Gasteiger partial charge in [-0.3, -0.25) is 9.36 Å². The largest absolute Gasteiger partial charge is 0.287 e. The molecule has 18 heavy (non-hydrogen) atoms. The van der Waals surface area contributed by atoms with Gasteiger partial charge in [0.1, 0.15) is 4.70 Å². The second-order valence-corrected chi connectivity index (χ2v) is 5.67. The summed E-state index contributed by atoms with van der Waals surface area (Å²) in [5, 5.41) is 11.1. The van der Waals surface area contributed by atoms with Crippen LogP contribution in [-0.4, -0.2) is 15.3 Å². The second-order valence-electron chi connectivity index (χ2n) is 3.69. The van der Waals surface area contributed by atoms with Gasteiger partial charge in [-0.25, -0.2) is 4.98 Å². The van der Waals surface area contributed by atoms with E-state index in [4.69, 9.17) is 5.26 Å². The zero-order chi connectivity index (χ0) is 13.0. The molecule has 0 saturated heterocycles. The molecule has 0 unspecified atom stereocenters. The fourth-order valence-electron chi connectivity index (χ4n) is 1.63. The molecule has 0 radical (unpaired) electrons. The topological polar surface area (TPSA) is 58.7 Å². The van der Waals surface area contributed by atoms with Crippen molar-refractivity contribution in [2.24, 2.45) is 0 Å². The van der Waals surface area contributed by atoms with Crippen molar-refractivity contribution in [2.45, 2.75) is 31.5 Å². The standard InChI is InChI=1S/C12H13N3OS2/c1-2-15-11(16)10-9(5-8-17-10)14-12(15)18-7-4-3-6-13/h5,8H,2-4,7H2,1H3. The molecule has 0 atom stereocenters. The number of thioether (sulfide) groups is 1. The van der Waals surface area contributed by atoms with E-state index in [9.17, 15) is 4.79 Å². The number of rotatable bonds is 5.